The average molecular weight is 367 g/mol. The minimum absolute atomic E-state index is 0.0349. The maximum Gasteiger partial charge on any atom is 0.310 e. The Morgan fingerprint density at radius 3 is 2.78 bits per heavy atom. The van der Waals surface area contributed by atoms with E-state index in [1.807, 2.05) is 24.3 Å². The number of aromatic amines is 1. The van der Waals surface area contributed by atoms with Crippen LogP contribution >= 0.6 is 0 Å². The van der Waals surface area contributed by atoms with Crippen LogP contribution in [0.4, 0.5) is 11.4 Å². The van der Waals surface area contributed by atoms with Crippen molar-refractivity contribution in [1.29, 1.82) is 0 Å². The standard InChI is InChI=1S/C19H17N3O5/c1-12-6-7-14(22(25)26)9-17(12)21-18(23)11-27-19(24)8-13-10-20-16-5-3-2-4-15(13)16/h2-7,9-10,20H,8,11H2,1H3,(H,21,23). The Hall–Kier alpha value is -3.68. The molecule has 0 aliphatic heterocycles. The largest absolute Gasteiger partial charge is 0.455 e. The second-order valence-electron chi connectivity index (χ2n) is 6.00. The van der Waals surface area contributed by atoms with E-state index in [2.05, 4.69) is 10.3 Å². The zero-order chi connectivity index (χ0) is 19.4. The van der Waals surface area contributed by atoms with E-state index in [1.54, 1.807) is 13.1 Å². The van der Waals surface area contributed by atoms with Gasteiger partial charge in [-0.1, -0.05) is 24.3 Å². The minimum Gasteiger partial charge on any atom is -0.455 e. The Kier molecular flexibility index (Phi) is 5.16. The first-order valence-electron chi connectivity index (χ1n) is 8.19. The Bertz CT molecular complexity index is 1030. The predicted octanol–water partition coefficient (Wildman–Crippen LogP) is 3.11. The second-order valence-corrected chi connectivity index (χ2v) is 6.00. The summed E-state index contributed by atoms with van der Waals surface area (Å²) in [4.78, 5) is 37.4. The van der Waals surface area contributed by atoms with Crippen LogP contribution in [0, 0.1) is 17.0 Å². The highest BCUT2D eigenvalue weighted by atomic mass is 16.6. The lowest BCUT2D eigenvalue weighted by atomic mass is 10.1. The normalized spacial score (nSPS) is 10.6. The number of aromatic nitrogens is 1. The van der Waals surface area contributed by atoms with E-state index in [9.17, 15) is 19.7 Å². The highest BCUT2D eigenvalue weighted by Crippen LogP contribution is 2.22. The summed E-state index contributed by atoms with van der Waals surface area (Å²) in [5.41, 5.74) is 2.54. The lowest BCUT2D eigenvalue weighted by molar-refractivity contribution is -0.384. The number of esters is 1. The number of para-hydroxylation sites is 1. The fourth-order valence-electron chi connectivity index (χ4n) is 2.67. The van der Waals surface area contributed by atoms with E-state index >= 15 is 0 Å². The number of carbonyl (C=O) groups excluding carboxylic acids is 2. The smallest absolute Gasteiger partial charge is 0.310 e. The van der Waals surface area contributed by atoms with Gasteiger partial charge in [0.15, 0.2) is 6.61 Å². The van der Waals surface area contributed by atoms with Gasteiger partial charge in [-0.15, -0.1) is 0 Å². The first kappa shape index (κ1) is 18.1. The minimum atomic E-state index is -0.564. The van der Waals surface area contributed by atoms with E-state index in [0.29, 0.717) is 11.3 Å². The number of fused-ring (bicyclic) bond motifs is 1. The van der Waals surface area contributed by atoms with Gasteiger partial charge in [0.2, 0.25) is 0 Å². The van der Waals surface area contributed by atoms with E-state index in [-0.39, 0.29) is 12.1 Å². The molecule has 2 N–H and O–H groups in total. The van der Waals surface area contributed by atoms with Crippen molar-refractivity contribution in [3.05, 3.63) is 69.9 Å². The molecule has 0 bridgehead atoms. The van der Waals surface area contributed by atoms with Gasteiger partial charge in [-0.3, -0.25) is 19.7 Å². The number of nitrogens with one attached hydrogen (secondary N) is 2. The number of amides is 1. The van der Waals surface area contributed by atoms with Crippen molar-refractivity contribution in [2.24, 2.45) is 0 Å². The van der Waals surface area contributed by atoms with Crippen molar-refractivity contribution in [3.8, 4) is 0 Å². The van der Waals surface area contributed by atoms with Gasteiger partial charge in [-0.05, 0) is 24.1 Å². The molecule has 0 fully saturated rings. The SMILES string of the molecule is Cc1ccc([N+](=O)[O-])cc1NC(=O)COC(=O)Cc1c[nH]c2ccccc12. The maximum atomic E-state index is 12.0. The van der Waals surface area contributed by atoms with Crippen molar-refractivity contribution in [1.82, 2.24) is 4.98 Å². The number of aryl methyl sites for hydroxylation is 1. The summed E-state index contributed by atoms with van der Waals surface area (Å²) in [6.45, 7) is 1.24. The van der Waals surface area contributed by atoms with Gasteiger partial charge >= 0.3 is 5.97 Å². The number of benzene rings is 2. The van der Waals surface area contributed by atoms with Gasteiger partial charge in [0, 0.05) is 29.2 Å². The Morgan fingerprint density at radius 2 is 2.00 bits per heavy atom. The number of anilines is 1. The topological polar surface area (TPSA) is 114 Å². The van der Waals surface area contributed by atoms with Gasteiger partial charge in [0.25, 0.3) is 11.6 Å². The van der Waals surface area contributed by atoms with Crippen LogP contribution in [0.3, 0.4) is 0 Å². The van der Waals surface area contributed by atoms with E-state index in [0.717, 1.165) is 16.5 Å². The molecular weight excluding hydrogens is 350 g/mol. The summed E-state index contributed by atoms with van der Waals surface area (Å²) in [6.07, 6.45) is 1.77. The van der Waals surface area contributed by atoms with Gasteiger partial charge in [-0.25, -0.2) is 0 Å². The van der Waals surface area contributed by atoms with E-state index < -0.39 is 23.4 Å². The third-order valence-electron chi connectivity index (χ3n) is 4.08. The number of hydrogen-bond acceptors (Lipinski definition) is 5. The molecule has 2 aromatic carbocycles. The lowest BCUT2D eigenvalue weighted by Crippen LogP contribution is -2.22. The lowest BCUT2D eigenvalue weighted by Gasteiger charge is -2.09. The number of ether oxygens (including phenoxy) is 1. The maximum absolute atomic E-state index is 12.0. The molecule has 0 unspecified atom stereocenters. The summed E-state index contributed by atoms with van der Waals surface area (Å²) in [5, 5.41) is 14.3. The van der Waals surface area contributed by atoms with Crippen LogP contribution < -0.4 is 5.32 Å². The first-order chi connectivity index (χ1) is 12.9. The predicted molar refractivity (Wildman–Crippen MR) is 99.4 cm³/mol. The molecule has 8 nitrogen and oxygen atoms in total. The molecule has 0 saturated carbocycles. The molecule has 0 atom stereocenters. The third-order valence-corrected chi connectivity index (χ3v) is 4.08. The summed E-state index contributed by atoms with van der Waals surface area (Å²) in [5.74, 6) is -1.10. The molecular formula is C19H17N3O5. The Balaban J connectivity index is 1.57. The Morgan fingerprint density at radius 1 is 1.22 bits per heavy atom. The molecule has 0 radical (unpaired) electrons. The molecule has 3 rings (SSSR count). The monoisotopic (exact) mass is 367 g/mol. The van der Waals surface area contributed by atoms with Crippen molar-refractivity contribution in [3.63, 3.8) is 0 Å². The van der Waals surface area contributed by atoms with Gasteiger partial charge < -0.3 is 15.0 Å². The van der Waals surface area contributed by atoms with Crippen molar-refractivity contribution < 1.29 is 19.2 Å². The second kappa shape index (κ2) is 7.69. The van der Waals surface area contributed by atoms with Crippen LogP contribution in [0.1, 0.15) is 11.1 Å². The van der Waals surface area contributed by atoms with Crippen LogP contribution in [0.15, 0.2) is 48.7 Å². The molecule has 27 heavy (non-hydrogen) atoms. The zero-order valence-electron chi connectivity index (χ0n) is 14.5. The van der Waals surface area contributed by atoms with Crippen molar-refractivity contribution in [2.75, 3.05) is 11.9 Å². The number of nitro groups is 1. The average Bonchev–Trinajstić information content (AvgIpc) is 3.05. The molecule has 1 amide bonds. The number of rotatable bonds is 6. The van der Waals surface area contributed by atoms with E-state index in [1.165, 1.54) is 18.2 Å². The summed E-state index contributed by atoms with van der Waals surface area (Å²) >= 11 is 0. The highest BCUT2D eigenvalue weighted by molar-refractivity contribution is 5.94. The number of carbonyl (C=O) groups is 2. The molecule has 1 aromatic heterocycles. The first-order valence-corrected chi connectivity index (χ1v) is 8.19. The molecule has 138 valence electrons. The summed E-state index contributed by atoms with van der Waals surface area (Å²) in [6, 6.07) is 11.7. The quantitative estimate of drug-likeness (QED) is 0.395. The summed E-state index contributed by atoms with van der Waals surface area (Å²) in [7, 11) is 0. The summed E-state index contributed by atoms with van der Waals surface area (Å²) < 4.78 is 5.02. The number of H-pyrrole nitrogens is 1. The van der Waals surface area contributed by atoms with Crippen LogP contribution in [-0.4, -0.2) is 28.4 Å². The molecule has 0 saturated heterocycles. The van der Waals surface area contributed by atoms with Crippen molar-refractivity contribution >= 4 is 34.2 Å². The fourth-order valence-corrected chi connectivity index (χ4v) is 2.67. The Labute approximate surface area is 154 Å². The fraction of sp³-hybridized carbons (Fsp3) is 0.158. The van der Waals surface area contributed by atoms with Crippen LogP contribution in [0.2, 0.25) is 0 Å². The molecule has 3 aromatic rings. The van der Waals surface area contributed by atoms with E-state index in [4.69, 9.17) is 4.74 Å². The molecule has 1 heterocycles. The number of nitro benzene ring substituents is 1. The third kappa shape index (κ3) is 4.30. The van der Waals surface area contributed by atoms with Crippen LogP contribution in [0.5, 0.6) is 0 Å². The van der Waals surface area contributed by atoms with Gasteiger partial charge in [-0.2, -0.15) is 0 Å². The number of nitrogens with zero attached hydrogens (tertiary/aromatic N) is 1. The van der Waals surface area contributed by atoms with Crippen LogP contribution in [0.25, 0.3) is 10.9 Å². The molecule has 0 spiro atoms. The zero-order valence-corrected chi connectivity index (χ0v) is 14.5. The number of non-ortho nitro benzene ring substituents is 1. The molecule has 0 aliphatic rings. The molecule has 8 heteroatoms. The highest BCUT2D eigenvalue weighted by Gasteiger charge is 2.14. The number of hydrogen-bond donors (Lipinski definition) is 2. The van der Waals surface area contributed by atoms with Gasteiger partial charge in [0.05, 0.1) is 17.0 Å². The molecule has 0 aliphatic carbocycles. The van der Waals surface area contributed by atoms with Crippen LogP contribution in [-0.2, 0) is 20.7 Å². The van der Waals surface area contributed by atoms with Gasteiger partial charge in [0.1, 0.15) is 0 Å². The van der Waals surface area contributed by atoms with Crippen molar-refractivity contribution in [2.45, 2.75) is 13.3 Å².